The number of anilines is 1. The fourth-order valence-electron chi connectivity index (χ4n) is 2.84. The normalized spacial score (nSPS) is 13.0. The van der Waals surface area contributed by atoms with Gasteiger partial charge >= 0.3 is 0 Å². The number of hydrogen-bond acceptors (Lipinski definition) is 3. The van der Waals surface area contributed by atoms with Gasteiger partial charge < -0.3 is 14.7 Å². The lowest BCUT2D eigenvalue weighted by Gasteiger charge is -2.16. The second-order valence-corrected chi connectivity index (χ2v) is 5.60. The molecule has 1 aliphatic rings. The molecule has 1 N–H and O–H groups in total. The van der Waals surface area contributed by atoms with E-state index in [0.29, 0.717) is 23.4 Å². The molecule has 0 fully saturated rings. The van der Waals surface area contributed by atoms with Gasteiger partial charge in [0, 0.05) is 16.8 Å². The highest BCUT2D eigenvalue weighted by Crippen LogP contribution is 2.34. The first-order valence-corrected chi connectivity index (χ1v) is 7.68. The van der Waals surface area contributed by atoms with Gasteiger partial charge in [-0.15, -0.1) is 0 Å². The first-order chi connectivity index (χ1) is 11.7. The molecule has 0 unspecified atom stereocenters. The topological polar surface area (TPSA) is 49.8 Å². The minimum atomic E-state index is -0.0994. The molecule has 3 aromatic rings. The van der Waals surface area contributed by atoms with Crippen molar-refractivity contribution < 1.29 is 14.6 Å². The van der Waals surface area contributed by atoms with Crippen molar-refractivity contribution in [1.29, 1.82) is 0 Å². The van der Waals surface area contributed by atoms with Crippen molar-refractivity contribution in [1.82, 2.24) is 0 Å². The van der Waals surface area contributed by atoms with Crippen molar-refractivity contribution in [3.8, 4) is 17.2 Å². The number of amides is 1. The molecule has 24 heavy (non-hydrogen) atoms. The van der Waals surface area contributed by atoms with E-state index in [9.17, 15) is 9.90 Å². The SMILES string of the molecule is O=C1c2cccc(O)c2CN1c1ccc(Oc2ccccc2)cc1. The molecule has 0 bridgehead atoms. The third-order valence-corrected chi connectivity index (χ3v) is 4.07. The molecular weight excluding hydrogens is 302 g/mol. The molecule has 118 valence electrons. The molecule has 0 saturated heterocycles. The van der Waals surface area contributed by atoms with Gasteiger partial charge in [0.05, 0.1) is 6.54 Å². The summed E-state index contributed by atoms with van der Waals surface area (Å²) in [7, 11) is 0. The van der Waals surface area contributed by atoms with E-state index in [1.54, 1.807) is 23.1 Å². The number of fused-ring (bicyclic) bond motifs is 1. The van der Waals surface area contributed by atoms with Crippen molar-refractivity contribution in [2.75, 3.05) is 4.90 Å². The van der Waals surface area contributed by atoms with Crippen LogP contribution in [0.2, 0.25) is 0 Å². The van der Waals surface area contributed by atoms with Gasteiger partial charge in [-0.05, 0) is 48.5 Å². The predicted octanol–water partition coefficient (Wildman–Crippen LogP) is 4.34. The Morgan fingerprint density at radius 1 is 0.833 bits per heavy atom. The van der Waals surface area contributed by atoms with Gasteiger partial charge in [0.25, 0.3) is 5.91 Å². The highest BCUT2D eigenvalue weighted by Gasteiger charge is 2.30. The zero-order chi connectivity index (χ0) is 16.5. The lowest BCUT2D eigenvalue weighted by Crippen LogP contribution is -2.22. The van der Waals surface area contributed by atoms with Gasteiger partial charge in [0.15, 0.2) is 0 Å². The summed E-state index contributed by atoms with van der Waals surface area (Å²) >= 11 is 0. The number of hydrogen-bond donors (Lipinski definition) is 1. The highest BCUT2D eigenvalue weighted by molar-refractivity contribution is 6.10. The number of phenols is 1. The van der Waals surface area contributed by atoms with Crippen LogP contribution in [0.1, 0.15) is 15.9 Å². The van der Waals surface area contributed by atoms with Gasteiger partial charge in [-0.1, -0.05) is 24.3 Å². The molecule has 0 atom stereocenters. The summed E-state index contributed by atoms with van der Waals surface area (Å²) in [6.07, 6.45) is 0. The Morgan fingerprint density at radius 3 is 2.25 bits per heavy atom. The molecule has 3 aromatic carbocycles. The number of carbonyl (C=O) groups is 1. The van der Waals surface area contributed by atoms with E-state index in [1.807, 2.05) is 54.6 Å². The van der Waals surface area contributed by atoms with Gasteiger partial charge in [-0.25, -0.2) is 0 Å². The van der Waals surface area contributed by atoms with E-state index >= 15 is 0 Å². The maximum Gasteiger partial charge on any atom is 0.259 e. The number of para-hydroxylation sites is 1. The Morgan fingerprint density at radius 2 is 1.54 bits per heavy atom. The summed E-state index contributed by atoms with van der Waals surface area (Å²) in [4.78, 5) is 14.2. The lowest BCUT2D eigenvalue weighted by atomic mass is 10.1. The third kappa shape index (κ3) is 2.48. The molecule has 1 aliphatic heterocycles. The first-order valence-electron chi connectivity index (χ1n) is 7.68. The molecule has 4 heteroatoms. The Labute approximate surface area is 139 Å². The average molecular weight is 317 g/mol. The van der Waals surface area contributed by atoms with Gasteiger partial charge in [-0.3, -0.25) is 4.79 Å². The zero-order valence-electron chi connectivity index (χ0n) is 12.8. The second kappa shape index (κ2) is 5.74. The molecule has 0 spiro atoms. The first kappa shape index (κ1) is 14.3. The number of rotatable bonds is 3. The van der Waals surface area contributed by atoms with Crippen LogP contribution in [0.25, 0.3) is 0 Å². The van der Waals surface area contributed by atoms with Crippen LogP contribution in [0.3, 0.4) is 0 Å². The maximum atomic E-state index is 12.5. The van der Waals surface area contributed by atoms with Gasteiger partial charge in [0.1, 0.15) is 17.2 Å². The van der Waals surface area contributed by atoms with E-state index in [2.05, 4.69) is 0 Å². The summed E-state index contributed by atoms with van der Waals surface area (Å²) in [5, 5.41) is 9.92. The number of carbonyl (C=O) groups excluding carboxylic acids is 1. The predicted molar refractivity (Wildman–Crippen MR) is 91.6 cm³/mol. The summed E-state index contributed by atoms with van der Waals surface area (Å²) in [6, 6.07) is 21.9. The zero-order valence-corrected chi connectivity index (χ0v) is 12.8. The smallest absolute Gasteiger partial charge is 0.259 e. The molecule has 0 aromatic heterocycles. The Kier molecular flexibility index (Phi) is 3.43. The molecule has 4 rings (SSSR count). The van der Waals surface area contributed by atoms with Crippen LogP contribution >= 0.6 is 0 Å². The molecule has 0 radical (unpaired) electrons. The highest BCUT2D eigenvalue weighted by atomic mass is 16.5. The van der Waals surface area contributed by atoms with Crippen molar-refractivity contribution in [3.05, 3.63) is 83.9 Å². The fourth-order valence-corrected chi connectivity index (χ4v) is 2.84. The Bertz CT molecular complexity index is 889. The summed E-state index contributed by atoms with van der Waals surface area (Å²) < 4.78 is 5.76. The van der Waals surface area contributed by atoms with Crippen molar-refractivity contribution in [2.45, 2.75) is 6.54 Å². The van der Waals surface area contributed by atoms with Gasteiger partial charge in [-0.2, -0.15) is 0 Å². The van der Waals surface area contributed by atoms with Crippen LogP contribution in [-0.2, 0) is 6.54 Å². The van der Waals surface area contributed by atoms with E-state index in [-0.39, 0.29) is 11.7 Å². The monoisotopic (exact) mass is 317 g/mol. The van der Waals surface area contributed by atoms with Crippen LogP contribution in [0.5, 0.6) is 17.2 Å². The average Bonchev–Trinajstić information content (AvgIpc) is 2.95. The quantitative estimate of drug-likeness (QED) is 0.781. The summed E-state index contributed by atoms with van der Waals surface area (Å²) in [6.45, 7) is 0.375. The number of nitrogens with zero attached hydrogens (tertiary/aromatic N) is 1. The maximum absolute atomic E-state index is 12.5. The molecule has 1 amide bonds. The van der Waals surface area contributed by atoms with E-state index in [0.717, 1.165) is 11.4 Å². The van der Waals surface area contributed by atoms with Crippen LogP contribution in [0.15, 0.2) is 72.8 Å². The van der Waals surface area contributed by atoms with E-state index in [4.69, 9.17) is 4.74 Å². The lowest BCUT2D eigenvalue weighted by molar-refractivity contribution is 0.0996. The number of ether oxygens (including phenoxy) is 1. The van der Waals surface area contributed by atoms with E-state index < -0.39 is 0 Å². The third-order valence-electron chi connectivity index (χ3n) is 4.07. The second-order valence-electron chi connectivity index (χ2n) is 5.60. The standard InChI is InChI=1S/C20H15NO3/c22-19-8-4-7-17-18(19)13-21(20(17)23)14-9-11-16(12-10-14)24-15-5-2-1-3-6-15/h1-12,22H,13H2. The molecule has 0 aliphatic carbocycles. The van der Waals surface area contributed by atoms with Crippen LogP contribution in [0.4, 0.5) is 5.69 Å². The van der Waals surface area contributed by atoms with E-state index in [1.165, 1.54) is 0 Å². The number of aromatic hydroxyl groups is 1. The summed E-state index contributed by atoms with van der Waals surface area (Å²) in [5.41, 5.74) is 2.00. The Hall–Kier alpha value is -3.27. The van der Waals surface area contributed by atoms with Crippen molar-refractivity contribution in [2.24, 2.45) is 0 Å². The minimum absolute atomic E-state index is 0.0994. The van der Waals surface area contributed by atoms with Crippen LogP contribution < -0.4 is 9.64 Å². The molecule has 4 nitrogen and oxygen atoms in total. The largest absolute Gasteiger partial charge is 0.508 e. The number of phenolic OH excluding ortho intramolecular Hbond substituents is 1. The fraction of sp³-hybridized carbons (Fsp3) is 0.0500. The Balaban J connectivity index is 1.56. The number of benzene rings is 3. The van der Waals surface area contributed by atoms with Gasteiger partial charge in [0.2, 0.25) is 0 Å². The van der Waals surface area contributed by atoms with Crippen molar-refractivity contribution in [3.63, 3.8) is 0 Å². The molecule has 0 saturated carbocycles. The molecular formula is C20H15NO3. The van der Waals surface area contributed by atoms with Crippen LogP contribution in [-0.4, -0.2) is 11.0 Å². The minimum Gasteiger partial charge on any atom is -0.508 e. The summed E-state index contributed by atoms with van der Waals surface area (Å²) in [5.74, 6) is 1.53. The van der Waals surface area contributed by atoms with Crippen LogP contribution in [0, 0.1) is 0 Å². The molecule has 1 heterocycles. The van der Waals surface area contributed by atoms with Crippen molar-refractivity contribution >= 4 is 11.6 Å².